The van der Waals surface area contributed by atoms with Gasteiger partial charge in [0.25, 0.3) is 0 Å². The molecule has 0 saturated carbocycles. The zero-order valence-electron chi connectivity index (χ0n) is 32.7. The van der Waals surface area contributed by atoms with Gasteiger partial charge in [-0.3, -0.25) is 0 Å². The van der Waals surface area contributed by atoms with Crippen molar-refractivity contribution in [3.8, 4) is 0 Å². The van der Waals surface area contributed by atoms with Crippen LogP contribution in [0.3, 0.4) is 0 Å². The Kier molecular flexibility index (Phi) is 10.4. The van der Waals surface area contributed by atoms with Gasteiger partial charge in [0.15, 0.2) is 5.60 Å². The van der Waals surface area contributed by atoms with E-state index in [-0.39, 0.29) is 5.97 Å². The fraction of sp³-hybridized carbons (Fsp3) is 0.239. The maximum Gasteiger partial charge on any atom is 0.340 e. The highest BCUT2D eigenvalue weighted by molar-refractivity contribution is 5.98. The quantitative estimate of drug-likeness (QED) is 0.128. The number of benzene rings is 5. The minimum Gasteiger partial charge on any atom is -0.442 e. The van der Waals surface area contributed by atoms with Gasteiger partial charge in [-0.1, -0.05) is 48.5 Å². The summed E-state index contributed by atoms with van der Waals surface area (Å²) < 4.78 is 6.71. The van der Waals surface area contributed by atoms with E-state index >= 15 is 0 Å². The van der Waals surface area contributed by atoms with Crippen molar-refractivity contribution in [2.24, 2.45) is 0 Å². The van der Waals surface area contributed by atoms with Crippen LogP contribution in [0.15, 0.2) is 127 Å². The second kappa shape index (κ2) is 15.0. The van der Waals surface area contributed by atoms with Gasteiger partial charge >= 0.3 is 5.97 Å². The molecule has 5 aromatic carbocycles. The first-order valence-corrected chi connectivity index (χ1v) is 17.9. The molecule has 53 heavy (non-hydrogen) atoms. The number of rotatable bonds is 11. The molecule has 0 spiro atoms. The Labute approximate surface area is 315 Å². The predicted octanol–water partition coefficient (Wildman–Crippen LogP) is 8.65. The molecule has 0 radical (unpaired) electrons. The van der Waals surface area contributed by atoms with Gasteiger partial charge in [-0.25, -0.2) is 4.79 Å². The molecule has 1 aliphatic rings. The number of carbonyl (C=O) groups excluding carboxylic acids is 1. The van der Waals surface area contributed by atoms with Crippen LogP contribution in [0.4, 0.5) is 28.4 Å². The summed E-state index contributed by atoms with van der Waals surface area (Å²) in [5.41, 5.74) is 11.4. The molecule has 0 unspecified atom stereocenters. The van der Waals surface area contributed by atoms with Crippen molar-refractivity contribution in [2.45, 2.75) is 5.60 Å². The molecule has 272 valence electrons. The first kappa shape index (κ1) is 36.8. The number of esters is 1. The minimum atomic E-state index is -1.26. The highest BCUT2D eigenvalue weighted by Gasteiger charge is 2.44. The third-order valence-electron chi connectivity index (χ3n) is 9.92. The van der Waals surface area contributed by atoms with Crippen molar-refractivity contribution in [3.63, 3.8) is 0 Å². The van der Waals surface area contributed by atoms with Gasteiger partial charge in [0.05, 0.1) is 5.56 Å². The second-order valence-electron chi connectivity index (χ2n) is 14.7. The van der Waals surface area contributed by atoms with Gasteiger partial charge in [-0.05, 0) is 112 Å². The second-order valence-corrected chi connectivity index (χ2v) is 14.7. The summed E-state index contributed by atoms with van der Waals surface area (Å²) in [7, 11) is 20.4. The number of cyclic esters (lactones) is 1. The number of ether oxygens (including phenoxy) is 1. The van der Waals surface area contributed by atoms with Crippen LogP contribution < -0.4 is 24.5 Å². The Morgan fingerprint density at radius 3 is 1.00 bits per heavy atom. The number of fused-ring (bicyclic) bond motifs is 1. The van der Waals surface area contributed by atoms with Gasteiger partial charge < -0.3 is 29.2 Å². The van der Waals surface area contributed by atoms with Crippen LogP contribution in [0.5, 0.6) is 0 Å². The number of anilines is 5. The highest BCUT2D eigenvalue weighted by Crippen LogP contribution is 2.46. The van der Waals surface area contributed by atoms with E-state index < -0.39 is 5.60 Å². The van der Waals surface area contributed by atoms with Crippen molar-refractivity contribution in [2.75, 3.05) is 95.0 Å². The molecule has 0 amide bonds. The molecule has 7 heteroatoms. The van der Waals surface area contributed by atoms with Crippen LogP contribution in [0, 0.1) is 0 Å². The van der Waals surface area contributed by atoms with Crippen LogP contribution in [-0.2, 0) is 10.3 Å². The summed E-state index contributed by atoms with van der Waals surface area (Å²) in [5.74, 6) is -0.353. The van der Waals surface area contributed by atoms with Gasteiger partial charge in [-0.2, -0.15) is 0 Å². The number of hydrogen-bond acceptors (Lipinski definition) is 7. The number of hydrogen-bond donors (Lipinski definition) is 0. The van der Waals surface area contributed by atoms with E-state index in [0.29, 0.717) is 5.56 Å². The summed E-state index contributed by atoms with van der Waals surface area (Å²) in [6.07, 6.45) is 4.29. The topological polar surface area (TPSA) is 42.5 Å². The average Bonchev–Trinajstić information content (AvgIpc) is 3.43. The van der Waals surface area contributed by atoms with Crippen molar-refractivity contribution in [1.82, 2.24) is 0 Å². The van der Waals surface area contributed by atoms with E-state index in [4.69, 9.17) is 4.74 Å². The van der Waals surface area contributed by atoms with Crippen molar-refractivity contribution >= 4 is 45.6 Å². The van der Waals surface area contributed by atoms with Crippen molar-refractivity contribution < 1.29 is 9.53 Å². The molecular weight excluding hydrogens is 655 g/mol. The van der Waals surface area contributed by atoms with E-state index in [1.807, 2.05) is 82.6 Å². The standard InChI is InChI=1S/C46H51N5O2/c1-47(2)36-19-11-32(12-20-36)42(33-13-21-37(22-14-33)48(3)4)30-46(44-29-40(51(9)10)27-28-41(44)45(52)53-46)31-43(34-15-23-38(24-16-34)49(5)6)35-17-25-39(26-18-35)50(7)8/h11-31H,1-10H3. The minimum absolute atomic E-state index is 0.353. The predicted molar refractivity (Wildman–Crippen MR) is 225 cm³/mol. The highest BCUT2D eigenvalue weighted by atomic mass is 16.6. The summed E-state index contributed by atoms with van der Waals surface area (Å²) in [6.45, 7) is 0. The molecule has 0 N–H and O–H groups in total. The lowest BCUT2D eigenvalue weighted by Gasteiger charge is -2.27. The van der Waals surface area contributed by atoms with E-state index in [2.05, 4.69) is 140 Å². The number of nitrogens with zero attached hydrogens (tertiary/aromatic N) is 5. The molecule has 0 saturated heterocycles. The largest absolute Gasteiger partial charge is 0.442 e. The smallest absolute Gasteiger partial charge is 0.340 e. The third-order valence-corrected chi connectivity index (χ3v) is 9.92. The Morgan fingerprint density at radius 2 is 0.717 bits per heavy atom. The molecule has 6 rings (SSSR count). The average molecular weight is 706 g/mol. The molecule has 0 bridgehead atoms. The zero-order chi connectivity index (χ0) is 38.0. The van der Waals surface area contributed by atoms with Crippen molar-refractivity contribution in [3.05, 3.63) is 161 Å². The maximum absolute atomic E-state index is 14.0. The molecular formula is C46H51N5O2. The summed E-state index contributed by atoms with van der Waals surface area (Å²) >= 11 is 0. The lowest BCUT2D eigenvalue weighted by Crippen LogP contribution is -2.23. The van der Waals surface area contributed by atoms with Crippen LogP contribution in [0.25, 0.3) is 11.1 Å². The summed E-state index contributed by atoms with van der Waals surface area (Å²) in [5, 5.41) is 0. The molecule has 1 heterocycles. The Bertz CT molecular complexity index is 1900. The lowest BCUT2D eigenvalue weighted by atomic mass is 9.82. The van der Waals surface area contributed by atoms with E-state index in [0.717, 1.165) is 67.4 Å². The molecule has 0 atom stereocenters. The van der Waals surface area contributed by atoms with Gasteiger partial charge in [0.1, 0.15) is 0 Å². The van der Waals surface area contributed by atoms with Gasteiger partial charge in [-0.15, -0.1) is 0 Å². The summed E-state index contributed by atoms with van der Waals surface area (Å²) in [6, 6.07) is 40.2. The SMILES string of the molecule is CN(C)c1ccc(C(=CC2(C=C(c3ccc(N(C)C)cc3)c3ccc(N(C)C)cc3)OC(=O)c3ccc(N(C)C)cc32)c2ccc(N(C)C)cc2)cc1. The molecule has 7 nitrogen and oxygen atoms in total. The fourth-order valence-electron chi connectivity index (χ4n) is 6.68. The maximum atomic E-state index is 14.0. The monoisotopic (exact) mass is 705 g/mol. The molecule has 0 aliphatic carbocycles. The normalized spacial score (nSPS) is 12.7. The molecule has 0 aromatic heterocycles. The van der Waals surface area contributed by atoms with E-state index in [9.17, 15) is 4.79 Å². The Balaban J connectivity index is 1.69. The van der Waals surface area contributed by atoms with Crippen LogP contribution in [0.2, 0.25) is 0 Å². The Morgan fingerprint density at radius 1 is 0.434 bits per heavy atom. The van der Waals surface area contributed by atoms with Crippen molar-refractivity contribution in [1.29, 1.82) is 0 Å². The summed E-state index contributed by atoms with van der Waals surface area (Å²) in [4.78, 5) is 24.5. The molecule has 0 fully saturated rings. The third kappa shape index (κ3) is 7.65. The molecule has 1 aliphatic heterocycles. The van der Waals surface area contributed by atoms with E-state index in [1.54, 1.807) is 0 Å². The van der Waals surface area contributed by atoms with Crippen LogP contribution >= 0.6 is 0 Å². The van der Waals surface area contributed by atoms with E-state index in [1.165, 1.54) is 0 Å². The first-order chi connectivity index (χ1) is 25.3. The zero-order valence-corrected chi connectivity index (χ0v) is 32.7. The first-order valence-electron chi connectivity index (χ1n) is 17.9. The van der Waals surface area contributed by atoms with Crippen LogP contribution in [-0.4, -0.2) is 76.4 Å². The van der Waals surface area contributed by atoms with Gasteiger partial charge in [0.2, 0.25) is 0 Å². The van der Waals surface area contributed by atoms with Gasteiger partial charge in [0, 0.05) is 104 Å². The lowest BCUT2D eigenvalue weighted by molar-refractivity contribution is 0.0299. The molecule has 5 aromatic rings. The Hall–Kier alpha value is -5.95. The number of carbonyl (C=O) groups is 1. The fourth-order valence-corrected chi connectivity index (χ4v) is 6.68. The van der Waals surface area contributed by atoms with Crippen LogP contribution in [0.1, 0.15) is 38.2 Å².